The Kier molecular flexibility index (Phi) is 14.6. The number of aromatic nitrogens is 8. The van der Waals surface area contributed by atoms with Gasteiger partial charge in [-0.15, -0.1) is 34.0 Å². The minimum atomic E-state index is 0.599. The normalized spacial score (nSPS) is 11.9. The van der Waals surface area contributed by atoms with E-state index in [0.717, 1.165) is 143 Å². The maximum atomic E-state index is 6.74. The lowest BCUT2D eigenvalue weighted by Crippen LogP contribution is -2.00. The summed E-state index contributed by atoms with van der Waals surface area (Å²) >= 11 is 5.21. The minimum Gasteiger partial charge on any atom is -0.455 e. The van der Waals surface area contributed by atoms with Gasteiger partial charge in [-0.05, 0) is 107 Å². The van der Waals surface area contributed by atoms with E-state index >= 15 is 0 Å². The predicted octanol–water partition coefficient (Wildman–Crippen LogP) is 25.4. The van der Waals surface area contributed by atoms with Crippen molar-refractivity contribution >= 4 is 118 Å². The van der Waals surface area contributed by atoms with Crippen molar-refractivity contribution in [1.29, 1.82) is 0 Å². The van der Waals surface area contributed by atoms with Crippen molar-refractivity contribution in [2.75, 3.05) is 0 Å². The highest BCUT2D eigenvalue weighted by molar-refractivity contribution is 7.26. The molecule has 0 unspecified atom stereocenters. The van der Waals surface area contributed by atoms with Crippen LogP contribution in [0.5, 0.6) is 0 Å². The molecule has 7 heterocycles. The average Bonchev–Trinajstić information content (AvgIpc) is 1.57. The lowest BCUT2D eigenvalue weighted by atomic mass is 9.99. The molecule has 0 saturated carbocycles. The topological polar surface area (TPSA) is 129 Å². The van der Waals surface area contributed by atoms with Crippen LogP contribution in [0.2, 0.25) is 0 Å². The van der Waals surface area contributed by atoms with Gasteiger partial charge in [0.05, 0.1) is 20.4 Å². The summed E-state index contributed by atoms with van der Waals surface area (Å²) < 4.78 is 18.3. The lowest BCUT2D eigenvalue weighted by molar-refractivity contribution is 0.669. The summed E-state index contributed by atoms with van der Waals surface area (Å²) in [6, 6.07) is 109. The van der Waals surface area contributed by atoms with Crippen LogP contribution in [0.3, 0.4) is 0 Å². The highest BCUT2D eigenvalue weighted by atomic mass is 32.1. The third kappa shape index (κ3) is 10.7. The quantitative estimate of drug-likeness (QED) is 0.130. The van der Waals surface area contributed by atoms with Gasteiger partial charge in [-0.1, -0.05) is 249 Å². The van der Waals surface area contributed by atoms with Crippen LogP contribution in [0, 0.1) is 0 Å². The van der Waals surface area contributed by atoms with Crippen LogP contribution >= 0.6 is 34.0 Å². The van der Waals surface area contributed by atoms with E-state index in [0.29, 0.717) is 34.9 Å². The number of hydrogen-bond acceptors (Lipinski definition) is 13. The van der Waals surface area contributed by atoms with E-state index in [1.807, 2.05) is 97.1 Å². The molecule has 0 bridgehead atoms. The summed E-state index contributed by atoms with van der Waals surface area (Å²) in [6.45, 7) is 0. The molecule has 106 heavy (non-hydrogen) atoms. The molecule has 0 atom stereocenters. The van der Waals surface area contributed by atoms with E-state index in [2.05, 4.69) is 218 Å². The summed E-state index contributed by atoms with van der Waals surface area (Å²) in [4.78, 5) is 40.7. The van der Waals surface area contributed by atoms with E-state index in [1.54, 1.807) is 34.0 Å². The summed E-state index contributed by atoms with van der Waals surface area (Å²) in [7, 11) is 0. The number of rotatable bonds is 10. The van der Waals surface area contributed by atoms with Crippen LogP contribution < -0.4 is 0 Å². The fraction of sp³-hybridized carbons (Fsp3) is 0.0108. The first-order valence-electron chi connectivity index (χ1n) is 35.1. The summed E-state index contributed by atoms with van der Waals surface area (Å²) in [5.74, 6) is 3.73. The van der Waals surface area contributed by atoms with Crippen molar-refractivity contribution in [2.24, 2.45) is 0 Å². The molecule has 22 rings (SSSR count). The number of thiophene rings is 1. The van der Waals surface area contributed by atoms with Crippen LogP contribution in [0.15, 0.2) is 324 Å². The summed E-state index contributed by atoms with van der Waals surface area (Å²) in [5, 5.41) is 8.33. The molecule has 496 valence electrons. The van der Waals surface area contributed by atoms with E-state index in [-0.39, 0.29) is 0 Å². The maximum Gasteiger partial charge on any atom is 0.164 e. The van der Waals surface area contributed by atoms with Gasteiger partial charge in [-0.2, -0.15) is 0 Å². The third-order valence-corrected chi connectivity index (χ3v) is 23.3. The van der Waals surface area contributed by atoms with Gasteiger partial charge in [0.2, 0.25) is 0 Å². The average molecular weight is 1410 g/mol. The number of para-hydroxylation sites is 4. The number of benzene rings is 14. The molecule has 21 aromatic rings. The minimum absolute atomic E-state index is 0.599. The van der Waals surface area contributed by atoms with Gasteiger partial charge in [0, 0.05) is 97.4 Å². The highest BCUT2D eigenvalue weighted by Gasteiger charge is 2.26. The Bertz CT molecular complexity index is 7030. The molecule has 0 fully saturated rings. The number of hydrogen-bond donors (Lipinski definition) is 0. The molecular formula is C93H54N8O2S3. The second-order valence-corrected chi connectivity index (χ2v) is 29.5. The monoisotopic (exact) mass is 1410 g/mol. The summed E-state index contributed by atoms with van der Waals surface area (Å²) in [5.41, 5.74) is 22.4. The zero-order valence-corrected chi connectivity index (χ0v) is 58.8. The number of nitrogens with zero attached hydrogens (tertiary/aromatic N) is 8. The van der Waals surface area contributed by atoms with Crippen LogP contribution in [-0.4, -0.2) is 39.9 Å². The van der Waals surface area contributed by atoms with Crippen LogP contribution in [0.1, 0.15) is 11.1 Å². The van der Waals surface area contributed by atoms with Crippen molar-refractivity contribution in [1.82, 2.24) is 39.9 Å². The first-order chi connectivity index (χ1) is 52.5. The molecule has 0 amide bonds. The fourth-order valence-electron chi connectivity index (χ4n) is 15.1. The van der Waals surface area contributed by atoms with E-state index in [1.165, 1.54) is 46.4 Å². The van der Waals surface area contributed by atoms with Gasteiger partial charge < -0.3 is 8.83 Å². The first-order valence-corrected chi connectivity index (χ1v) is 37.5. The largest absolute Gasteiger partial charge is 0.455 e. The van der Waals surface area contributed by atoms with Crippen LogP contribution in [0.25, 0.3) is 207 Å². The van der Waals surface area contributed by atoms with Crippen molar-refractivity contribution in [3.8, 4) is 123 Å². The molecule has 7 aromatic heterocycles. The molecule has 14 aromatic carbocycles. The second kappa shape index (κ2) is 25.3. The molecular weight excluding hydrogens is 1360 g/mol. The first kappa shape index (κ1) is 61.4. The lowest BCUT2D eigenvalue weighted by Gasteiger charge is -2.10. The van der Waals surface area contributed by atoms with Crippen molar-refractivity contribution < 1.29 is 8.83 Å². The standard InChI is InChI=1S/C47H28N4OS.C46H26N4OS2/c1-2-11-28(12-3-1)44-49-45(32-24-23-31-25-29-13-4-5-16-34(29)38(31)27-32)51-46(50-44)37-19-10-21-40-42(37)36-18-9-17-35(43(36)52-40)30-14-8-15-33(26-30)47-48-39-20-6-7-22-41(39)53-47;1-2-12-27(13-3-1)43-48-44(50-45(49-43)34-20-11-25-39-41(34)31-16-4-6-23-37(31)52-39)33-19-10-22-36-40(33)32-18-9-17-30(42(32)51-36)28-14-8-15-29(26-28)46-47-35-21-5-7-24-38(35)53-46/h1-24,26-27H,25H2;1-26H. The highest BCUT2D eigenvalue weighted by Crippen LogP contribution is 2.47. The zero-order valence-electron chi connectivity index (χ0n) is 56.3. The molecule has 0 saturated heterocycles. The number of furan rings is 2. The zero-order chi connectivity index (χ0) is 69.8. The molecule has 0 aliphatic heterocycles. The van der Waals surface area contributed by atoms with Gasteiger partial charge in [-0.25, -0.2) is 39.9 Å². The molecule has 0 radical (unpaired) electrons. The smallest absolute Gasteiger partial charge is 0.164 e. The van der Waals surface area contributed by atoms with Gasteiger partial charge in [-0.3, -0.25) is 0 Å². The van der Waals surface area contributed by atoms with E-state index in [4.69, 9.17) is 48.7 Å². The van der Waals surface area contributed by atoms with Gasteiger partial charge in [0.1, 0.15) is 32.3 Å². The SMILES string of the molecule is c1ccc(-c2nc(-c3ccc4c(c3)-c3ccccc3C4)nc(-c3cccc4oc5c(-c6cccc(-c7nc8ccccc8s7)c6)cccc5c34)n2)cc1.c1ccc(-c2nc(-c3cccc4oc5c(-c6cccc(-c7nc8ccccc8s7)c6)cccc5c34)nc(-c3cccc4sc5ccccc5c34)n2)cc1. The molecule has 0 spiro atoms. The molecule has 10 nitrogen and oxygen atoms in total. The van der Waals surface area contributed by atoms with Gasteiger partial charge >= 0.3 is 0 Å². The number of fused-ring (bicyclic) bond motifs is 14. The Morgan fingerprint density at radius 2 is 0.623 bits per heavy atom. The fourth-order valence-corrected chi connectivity index (χ4v) is 18.1. The van der Waals surface area contributed by atoms with Gasteiger partial charge in [0.25, 0.3) is 0 Å². The molecule has 13 heteroatoms. The van der Waals surface area contributed by atoms with Gasteiger partial charge in [0.15, 0.2) is 34.9 Å². The Labute approximate surface area is 618 Å². The van der Waals surface area contributed by atoms with Crippen molar-refractivity contribution in [2.45, 2.75) is 6.42 Å². The Balaban J connectivity index is 0.000000136. The Morgan fingerprint density at radius 1 is 0.226 bits per heavy atom. The van der Waals surface area contributed by atoms with Crippen LogP contribution in [0.4, 0.5) is 0 Å². The summed E-state index contributed by atoms with van der Waals surface area (Å²) in [6.07, 6.45) is 0.938. The molecule has 1 aliphatic rings. The van der Waals surface area contributed by atoms with Crippen LogP contribution in [-0.2, 0) is 6.42 Å². The van der Waals surface area contributed by atoms with E-state index in [9.17, 15) is 0 Å². The number of thiazole rings is 2. The molecule has 0 N–H and O–H groups in total. The maximum absolute atomic E-state index is 6.74. The second-order valence-electron chi connectivity index (χ2n) is 26.4. The molecule has 1 aliphatic carbocycles. The Hall–Kier alpha value is -13.3. The third-order valence-electron chi connectivity index (χ3n) is 20.0. The Morgan fingerprint density at radius 3 is 1.20 bits per heavy atom. The van der Waals surface area contributed by atoms with Crippen molar-refractivity contribution in [3.63, 3.8) is 0 Å². The van der Waals surface area contributed by atoms with Crippen molar-refractivity contribution in [3.05, 3.63) is 327 Å². The predicted molar refractivity (Wildman–Crippen MR) is 436 cm³/mol. The van der Waals surface area contributed by atoms with E-state index < -0.39 is 0 Å².